The summed E-state index contributed by atoms with van der Waals surface area (Å²) >= 11 is 0. The van der Waals surface area contributed by atoms with Crippen molar-refractivity contribution >= 4 is 27.5 Å². The molecule has 0 bridgehead atoms. The van der Waals surface area contributed by atoms with E-state index in [0.717, 1.165) is 43.1 Å². The van der Waals surface area contributed by atoms with Gasteiger partial charge >= 0.3 is 0 Å². The van der Waals surface area contributed by atoms with E-state index in [4.69, 9.17) is 9.47 Å². The molecule has 9 nitrogen and oxygen atoms in total. The van der Waals surface area contributed by atoms with Crippen LogP contribution in [0.25, 0.3) is 0 Å². The van der Waals surface area contributed by atoms with E-state index in [-0.39, 0.29) is 37.6 Å². The van der Waals surface area contributed by atoms with Gasteiger partial charge in [-0.05, 0) is 56.4 Å². The minimum atomic E-state index is -3.61. The number of nitrogens with one attached hydrogen (secondary N) is 1. The summed E-state index contributed by atoms with van der Waals surface area (Å²) in [6, 6.07) is 12.3. The number of anilines is 1. The lowest BCUT2D eigenvalue weighted by molar-refractivity contribution is -0.141. The van der Waals surface area contributed by atoms with Crippen LogP contribution in [0.3, 0.4) is 0 Å². The summed E-state index contributed by atoms with van der Waals surface area (Å²) in [6.07, 6.45) is 6.86. The van der Waals surface area contributed by atoms with Crippen LogP contribution in [0.4, 0.5) is 5.69 Å². The van der Waals surface area contributed by atoms with Gasteiger partial charge in [0.2, 0.25) is 28.6 Å². The molecule has 4 rings (SSSR count). The van der Waals surface area contributed by atoms with Crippen molar-refractivity contribution in [3.05, 3.63) is 53.6 Å². The number of carbonyl (C=O) groups is 2. The Kier molecular flexibility index (Phi) is 9.37. The van der Waals surface area contributed by atoms with E-state index in [0.29, 0.717) is 30.2 Å². The quantitative estimate of drug-likeness (QED) is 0.445. The highest BCUT2D eigenvalue weighted by molar-refractivity contribution is 7.92. The van der Waals surface area contributed by atoms with Crippen molar-refractivity contribution in [2.24, 2.45) is 0 Å². The predicted molar refractivity (Wildman–Crippen MR) is 150 cm³/mol. The van der Waals surface area contributed by atoms with Crippen LogP contribution < -0.4 is 19.1 Å². The monoisotopic (exact) mass is 557 g/mol. The Bertz CT molecular complexity index is 1280. The largest absolute Gasteiger partial charge is 0.454 e. The fraction of sp³-hybridized carbons (Fsp3) is 0.517. The lowest BCUT2D eigenvalue weighted by Gasteiger charge is -2.32. The molecule has 1 saturated carbocycles. The third-order valence-corrected chi connectivity index (χ3v) is 8.71. The zero-order valence-corrected chi connectivity index (χ0v) is 23.8. The summed E-state index contributed by atoms with van der Waals surface area (Å²) in [4.78, 5) is 28.4. The first-order chi connectivity index (χ1) is 18.6. The average molecular weight is 558 g/mol. The zero-order valence-electron chi connectivity index (χ0n) is 23.0. The molecule has 0 saturated heterocycles. The SMILES string of the molecule is Cc1ccccc1CN(C(=O)CCCN(c1ccc2c(c1)OCO2)S(C)(=O)=O)[C@@H](C)C(=O)NC1CCCCC1. The van der Waals surface area contributed by atoms with Gasteiger partial charge in [0, 0.05) is 31.6 Å². The molecule has 0 spiro atoms. The van der Waals surface area contributed by atoms with Crippen molar-refractivity contribution in [2.45, 2.75) is 77.4 Å². The van der Waals surface area contributed by atoms with Crippen LogP contribution in [0.15, 0.2) is 42.5 Å². The van der Waals surface area contributed by atoms with Gasteiger partial charge in [0.15, 0.2) is 11.5 Å². The first-order valence-corrected chi connectivity index (χ1v) is 15.5. The molecule has 10 heteroatoms. The van der Waals surface area contributed by atoms with Crippen LogP contribution >= 0.6 is 0 Å². The van der Waals surface area contributed by atoms with Crippen molar-refractivity contribution in [3.8, 4) is 11.5 Å². The standard InChI is InChI=1S/C29H39N3O6S/c1-21-10-7-8-11-23(21)19-31(22(2)29(34)30-24-12-5-4-6-13-24)28(33)14-9-17-32(39(3,35)36)25-15-16-26-27(18-25)38-20-37-26/h7-8,10-11,15-16,18,22,24H,4-6,9,12-14,17,19-20H2,1-3H3,(H,30,34)/t22-/m0/s1. The van der Waals surface area contributed by atoms with E-state index in [2.05, 4.69) is 5.32 Å². The minimum Gasteiger partial charge on any atom is -0.454 e. The highest BCUT2D eigenvalue weighted by atomic mass is 32.2. The number of hydrogen-bond donors (Lipinski definition) is 1. The summed E-state index contributed by atoms with van der Waals surface area (Å²) in [5.74, 6) is 0.708. The van der Waals surface area contributed by atoms with E-state index in [9.17, 15) is 18.0 Å². The van der Waals surface area contributed by atoms with Crippen LogP contribution in [0.1, 0.15) is 63.0 Å². The molecule has 0 aromatic heterocycles. The normalized spacial score (nSPS) is 16.0. The molecule has 1 N–H and O–H groups in total. The third-order valence-electron chi connectivity index (χ3n) is 7.52. The predicted octanol–water partition coefficient (Wildman–Crippen LogP) is 4.14. The fourth-order valence-electron chi connectivity index (χ4n) is 5.17. The molecule has 1 heterocycles. The highest BCUT2D eigenvalue weighted by Gasteiger charge is 2.29. The van der Waals surface area contributed by atoms with E-state index in [1.165, 1.54) is 10.7 Å². The summed E-state index contributed by atoms with van der Waals surface area (Å²) in [7, 11) is -3.61. The highest BCUT2D eigenvalue weighted by Crippen LogP contribution is 2.36. The summed E-state index contributed by atoms with van der Waals surface area (Å²) in [5, 5.41) is 3.15. The Balaban J connectivity index is 1.45. The molecule has 1 aliphatic carbocycles. The van der Waals surface area contributed by atoms with Crippen molar-refractivity contribution < 1.29 is 27.5 Å². The molecule has 2 amide bonds. The van der Waals surface area contributed by atoms with Gasteiger partial charge in [-0.25, -0.2) is 8.42 Å². The van der Waals surface area contributed by atoms with Crippen LogP contribution in [0.5, 0.6) is 11.5 Å². The number of nitrogens with zero attached hydrogens (tertiary/aromatic N) is 2. The summed E-state index contributed by atoms with van der Waals surface area (Å²) in [5.41, 5.74) is 2.47. The zero-order chi connectivity index (χ0) is 28.0. The van der Waals surface area contributed by atoms with Gasteiger partial charge in [0.25, 0.3) is 0 Å². The first kappa shape index (κ1) is 28.7. The molecule has 39 heavy (non-hydrogen) atoms. The Hall–Kier alpha value is -3.27. The number of sulfonamides is 1. The number of benzene rings is 2. The second-order valence-electron chi connectivity index (χ2n) is 10.4. The Morgan fingerprint density at radius 3 is 2.49 bits per heavy atom. The Labute approximate surface area is 231 Å². The lowest BCUT2D eigenvalue weighted by atomic mass is 9.95. The molecule has 1 atom stereocenters. The number of rotatable bonds is 11. The number of amides is 2. The molecule has 2 aliphatic rings. The van der Waals surface area contributed by atoms with E-state index in [1.54, 1.807) is 30.0 Å². The van der Waals surface area contributed by atoms with Gasteiger partial charge in [-0.15, -0.1) is 0 Å². The van der Waals surface area contributed by atoms with Crippen molar-refractivity contribution in [1.82, 2.24) is 10.2 Å². The average Bonchev–Trinajstić information content (AvgIpc) is 3.38. The molecule has 1 fully saturated rings. The molecule has 2 aromatic rings. The second kappa shape index (κ2) is 12.7. The molecular formula is C29H39N3O6S. The smallest absolute Gasteiger partial charge is 0.242 e. The maximum Gasteiger partial charge on any atom is 0.242 e. The fourth-order valence-corrected chi connectivity index (χ4v) is 6.12. The molecule has 1 aliphatic heterocycles. The molecular weight excluding hydrogens is 518 g/mol. The van der Waals surface area contributed by atoms with Gasteiger partial charge in [-0.2, -0.15) is 0 Å². The van der Waals surface area contributed by atoms with E-state index < -0.39 is 16.1 Å². The lowest BCUT2D eigenvalue weighted by Crippen LogP contribution is -2.50. The van der Waals surface area contributed by atoms with Crippen LogP contribution in [-0.4, -0.2) is 56.8 Å². The minimum absolute atomic E-state index is 0.0927. The number of hydrogen-bond acceptors (Lipinski definition) is 6. The van der Waals surface area contributed by atoms with Crippen LogP contribution in [0.2, 0.25) is 0 Å². The number of ether oxygens (including phenoxy) is 2. The Morgan fingerprint density at radius 1 is 1.05 bits per heavy atom. The molecule has 0 radical (unpaired) electrons. The maximum atomic E-state index is 13.6. The second-order valence-corrected chi connectivity index (χ2v) is 12.4. The maximum absolute atomic E-state index is 13.6. The van der Waals surface area contributed by atoms with E-state index >= 15 is 0 Å². The molecule has 0 unspecified atom stereocenters. The van der Waals surface area contributed by atoms with Gasteiger partial charge in [-0.1, -0.05) is 43.5 Å². The van der Waals surface area contributed by atoms with Gasteiger partial charge < -0.3 is 19.7 Å². The summed E-state index contributed by atoms with van der Waals surface area (Å²) in [6.45, 7) is 4.27. The first-order valence-electron chi connectivity index (χ1n) is 13.6. The number of carbonyl (C=O) groups excluding carboxylic acids is 2. The molecule has 2 aromatic carbocycles. The topological polar surface area (TPSA) is 105 Å². The molecule has 212 valence electrons. The van der Waals surface area contributed by atoms with Gasteiger partial charge in [0.1, 0.15) is 6.04 Å². The van der Waals surface area contributed by atoms with Crippen LogP contribution in [-0.2, 0) is 26.2 Å². The van der Waals surface area contributed by atoms with Crippen molar-refractivity contribution in [2.75, 3.05) is 23.9 Å². The Morgan fingerprint density at radius 2 is 1.77 bits per heavy atom. The number of aryl methyl sites for hydroxylation is 1. The summed E-state index contributed by atoms with van der Waals surface area (Å²) < 4.78 is 37.2. The van der Waals surface area contributed by atoms with Gasteiger partial charge in [-0.3, -0.25) is 13.9 Å². The third kappa shape index (κ3) is 7.44. The number of fused-ring (bicyclic) bond motifs is 1. The van der Waals surface area contributed by atoms with Crippen molar-refractivity contribution in [1.29, 1.82) is 0 Å². The van der Waals surface area contributed by atoms with Crippen LogP contribution in [0, 0.1) is 6.92 Å². The van der Waals surface area contributed by atoms with Crippen molar-refractivity contribution in [3.63, 3.8) is 0 Å². The van der Waals surface area contributed by atoms with E-state index in [1.807, 2.05) is 31.2 Å². The van der Waals surface area contributed by atoms with Gasteiger partial charge in [0.05, 0.1) is 11.9 Å².